The number of furan rings is 1. The summed E-state index contributed by atoms with van der Waals surface area (Å²) in [5.41, 5.74) is 0.817. The van der Waals surface area contributed by atoms with Crippen LogP contribution in [0.15, 0.2) is 41.0 Å². The summed E-state index contributed by atoms with van der Waals surface area (Å²) in [6.45, 7) is 0.232. The maximum absolute atomic E-state index is 12.1. The van der Waals surface area contributed by atoms with E-state index < -0.39 is 5.97 Å². The van der Waals surface area contributed by atoms with Gasteiger partial charge in [0.05, 0.1) is 30.9 Å². The summed E-state index contributed by atoms with van der Waals surface area (Å²) in [6, 6.07) is 8.37. The number of hydrogen-bond acceptors (Lipinski definition) is 4. The molecule has 0 radical (unpaired) electrons. The van der Waals surface area contributed by atoms with Crippen molar-refractivity contribution < 1.29 is 19.1 Å². The number of aromatic nitrogens is 1. The van der Waals surface area contributed by atoms with Crippen molar-refractivity contribution in [1.29, 1.82) is 0 Å². The van der Waals surface area contributed by atoms with E-state index in [0.29, 0.717) is 27.2 Å². The van der Waals surface area contributed by atoms with Crippen molar-refractivity contribution in [1.82, 2.24) is 10.3 Å². The third-order valence-corrected chi connectivity index (χ3v) is 3.68. The van der Waals surface area contributed by atoms with Crippen molar-refractivity contribution >= 4 is 34.4 Å². The molecule has 7 heteroatoms. The molecule has 0 fully saturated rings. The van der Waals surface area contributed by atoms with Crippen LogP contribution in [0.2, 0.25) is 5.02 Å². The predicted octanol–water partition coefficient (Wildman–Crippen LogP) is 1.64. The maximum Gasteiger partial charge on any atom is 0.224 e. The minimum atomic E-state index is -1.37. The Morgan fingerprint density at radius 3 is 2.83 bits per heavy atom. The molecule has 3 aromatic rings. The van der Waals surface area contributed by atoms with Crippen LogP contribution in [-0.4, -0.2) is 16.9 Å². The van der Waals surface area contributed by atoms with E-state index in [9.17, 15) is 14.7 Å². The monoisotopic (exact) mass is 331 g/mol. The Bertz CT molecular complexity index is 868. The standard InChI is InChI=1S/C16H13ClN2O4/c17-9-3-4-13-11(6-9)12(15(19-13)16(21)22)7-14(20)18-8-10-2-1-5-23-10/h1-6,19H,7-8H2,(H,18,20)(H,21,22)/p-1. The van der Waals surface area contributed by atoms with Gasteiger partial charge in [0.2, 0.25) is 5.91 Å². The third-order valence-electron chi connectivity index (χ3n) is 3.45. The number of carbonyl (C=O) groups is 2. The number of hydrogen-bond donors (Lipinski definition) is 2. The SMILES string of the molecule is O=C(Cc1c(C(=O)[O-])[nH]c2ccc(Cl)cc12)NCc1ccco1. The molecular formula is C16H12ClN2O4-. The summed E-state index contributed by atoms with van der Waals surface area (Å²) in [6.07, 6.45) is 1.40. The fourth-order valence-electron chi connectivity index (χ4n) is 2.40. The van der Waals surface area contributed by atoms with Gasteiger partial charge < -0.3 is 24.6 Å². The van der Waals surface area contributed by atoms with Gasteiger partial charge in [0.25, 0.3) is 0 Å². The van der Waals surface area contributed by atoms with Crippen molar-refractivity contribution in [3.05, 3.63) is 58.6 Å². The van der Waals surface area contributed by atoms with Crippen molar-refractivity contribution in [3.8, 4) is 0 Å². The number of amides is 1. The number of aromatic amines is 1. The van der Waals surface area contributed by atoms with Crippen LogP contribution in [-0.2, 0) is 17.8 Å². The number of H-pyrrole nitrogens is 1. The number of carboxylic acids is 1. The summed E-state index contributed by atoms with van der Waals surface area (Å²) in [5, 5.41) is 15.0. The normalized spacial score (nSPS) is 10.8. The van der Waals surface area contributed by atoms with Gasteiger partial charge in [-0.25, -0.2) is 0 Å². The van der Waals surface area contributed by atoms with Crippen LogP contribution in [0.4, 0.5) is 0 Å². The first-order valence-electron chi connectivity index (χ1n) is 6.85. The highest BCUT2D eigenvalue weighted by atomic mass is 35.5. The van der Waals surface area contributed by atoms with E-state index >= 15 is 0 Å². The highest BCUT2D eigenvalue weighted by Gasteiger charge is 2.16. The zero-order valence-corrected chi connectivity index (χ0v) is 12.6. The molecule has 0 saturated carbocycles. The van der Waals surface area contributed by atoms with Crippen molar-refractivity contribution in [2.45, 2.75) is 13.0 Å². The zero-order chi connectivity index (χ0) is 16.4. The third kappa shape index (κ3) is 3.22. The lowest BCUT2D eigenvalue weighted by Gasteiger charge is -2.06. The van der Waals surface area contributed by atoms with Crippen LogP contribution < -0.4 is 10.4 Å². The van der Waals surface area contributed by atoms with Crippen molar-refractivity contribution in [3.63, 3.8) is 0 Å². The Balaban J connectivity index is 1.85. The molecule has 1 aromatic carbocycles. The molecule has 2 aromatic heterocycles. The van der Waals surface area contributed by atoms with E-state index in [4.69, 9.17) is 16.0 Å². The average molecular weight is 332 g/mol. The molecule has 0 bridgehead atoms. The molecule has 0 aliphatic heterocycles. The molecule has 3 rings (SSSR count). The van der Waals surface area contributed by atoms with Crippen LogP contribution >= 0.6 is 11.6 Å². The average Bonchev–Trinajstić information content (AvgIpc) is 3.13. The first-order valence-corrected chi connectivity index (χ1v) is 7.23. The molecule has 0 saturated heterocycles. The van der Waals surface area contributed by atoms with Gasteiger partial charge in [-0.2, -0.15) is 0 Å². The predicted molar refractivity (Wildman–Crippen MR) is 81.9 cm³/mol. The Labute approximate surface area is 136 Å². The molecule has 0 aliphatic rings. The van der Waals surface area contributed by atoms with E-state index in [2.05, 4.69) is 10.3 Å². The second-order valence-corrected chi connectivity index (χ2v) is 5.43. The lowest BCUT2D eigenvalue weighted by atomic mass is 10.1. The zero-order valence-electron chi connectivity index (χ0n) is 11.9. The number of aromatic carboxylic acids is 1. The summed E-state index contributed by atoms with van der Waals surface area (Å²) < 4.78 is 5.12. The second kappa shape index (κ2) is 6.18. The van der Waals surface area contributed by atoms with Gasteiger partial charge in [-0.1, -0.05) is 11.6 Å². The van der Waals surface area contributed by atoms with Gasteiger partial charge in [-0.15, -0.1) is 0 Å². The van der Waals surface area contributed by atoms with Gasteiger partial charge in [0.1, 0.15) is 5.76 Å². The first kappa shape index (κ1) is 15.2. The van der Waals surface area contributed by atoms with Crippen LogP contribution in [0.5, 0.6) is 0 Å². The summed E-state index contributed by atoms with van der Waals surface area (Å²) in [7, 11) is 0. The van der Waals surface area contributed by atoms with Gasteiger partial charge in [0.15, 0.2) is 0 Å². The first-order chi connectivity index (χ1) is 11.0. The van der Waals surface area contributed by atoms with Crippen molar-refractivity contribution in [2.75, 3.05) is 0 Å². The lowest BCUT2D eigenvalue weighted by molar-refractivity contribution is -0.255. The minimum absolute atomic E-state index is 0.107. The number of rotatable bonds is 5. The van der Waals surface area contributed by atoms with Gasteiger partial charge in [0, 0.05) is 15.9 Å². The Hall–Kier alpha value is -2.73. The number of carboxylic acid groups (broad SMARTS) is 1. The van der Waals surface area contributed by atoms with Gasteiger partial charge in [-0.3, -0.25) is 4.79 Å². The molecule has 6 nitrogen and oxygen atoms in total. The topological polar surface area (TPSA) is 98.2 Å². The molecule has 0 aliphatic carbocycles. The van der Waals surface area contributed by atoms with E-state index in [1.54, 1.807) is 30.3 Å². The van der Waals surface area contributed by atoms with Crippen LogP contribution in [0.1, 0.15) is 21.8 Å². The van der Waals surface area contributed by atoms with E-state index in [1.807, 2.05) is 0 Å². The van der Waals surface area contributed by atoms with Crippen LogP contribution in [0.25, 0.3) is 10.9 Å². The molecule has 2 N–H and O–H groups in total. The number of benzene rings is 1. The number of nitrogens with one attached hydrogen (secondary N) is 2. The number of fused-ring (bicyclic) bond motifs is 1. The second-order valence-electron chi connectivity index (χ2n) is 4.99. The fourth-order valence-corrected chi connectivity index (χ4v) is 2.57. The Kier molecular flexibility index (Phi) is 4.08. The van der Waals surface area contributed by atoms with Crippen LogP contribution in [0.3, 0.4) is 0 Å². The molecule has 0 spiro atoms. The quantitative estimate of drug-likeness (QED) is 0.742. The van der Waals surface area contributed by atoms with E-state index in [1.165, 1.54) is 6.26 Å². The summed E-state index contributed by atoms with van der Waals surface area (Å²) >= 11 is 5.95. The highest BCUT2D eigenvalue weighted by Crippen LogP contribution is 2.26. The summed E-state index contributed by atoms with van der Waals surface area (Å²) in [5.74, 6) is -1.09. The lowest BCUT2D eigenvalue weighted by Crippen LogP contribution is -2.27. The van der Waals surface area contributed by atoms with Crippen molar-refractivity contribution in [2.24, 2.45) is 0 Å². The molecule has 0 unspecified atom stereocenters. The Morgan fingerprint density at radius 2 is 2.13 bits per heavy atom. The molecular weight excluding hydrogens is 320 g/mol. The molecule has 0 atom stereocenters. The molecule has 1 amide bonds. The largest absolute Gasteiger partial charge is 0.543 e. The smallest absolute Gasteiger partial charge is 0.224 e. The molecule has 23 heavy (non-hydrogen) atoms. The maximum atomic E-state index is 12.1. The minimum Gasteiger partial charge on any atom is -0.543 e. The Morgan fingerprint density at radius 1 is 1.30 bits per heavy atom. The van der Waals surface area contributed by atoms with Crippen LogP contribution in [0, 0.1) is 0 Å². The number of carbonyl (C=O) groups excluding carboxylic acids is 2. The van der Waals surface area contributed by atoms with Gasteiger partial charge in [-0.05, 0) is 35.9 Å². The van der Waals surface area contributed by atoms with E-state index in [0.717, 1.165) is 0 Å². The molecule has 118 valence electrons. The summed E-state index contributed by atoms with van der Waals surface area (Å²) in [4.78, 5) is 26.1. The highest BCUT2D eigenvalue weighted by molar-refractivity contribution is 6.31. The van der Waals surface area contributed by atoms with E-state index in [-0.39, 0.29) is 24.6 Å². The molecule has 2 heterocycles. The van der Waals surface area contributed by atoms with Gasteiger partial charge >= 0.3 is 0 Å². The fraction of sp³-hybridized carbons (Fsp3) is 0.125. The number of halogens is 1.